The van der Waals surface area contributed by atoms with Crippen molar-refractivity contribution in [2.45, 2.75) is 12.9 Å². The first-order valence-corrected chi connectivity index (χ1v) is 8.59. The SMILES string of the molecule is O=c1c2nnn(-c3ccc(OC(F)(F)F)cc3)c2ncn1Cc1cccc(Cl)c1. The molecule has 0 saturated carbocycles. The van der Waals surface area contributed by atoms with Crippen LogP contribution in [0.5, 0.6) is 5.75 Å². The topological polar surface area (TPSA) is 74.8 Å². The van der Waals surface area contributed by atoms with Crippen LogP contribution in [0.3, 0.4) is 0 Å². The van der Waals surface area contributed by atoms with E-state index >= 15 is 0 Å². The average Bonchev–Trinajstić information content (AvgIpc) is 3.08. The number of rotatable bonds is 4. The van der Waals surface area contributed by atoms with Gasteiger partial charge in [-0.05, 0) is 42.0 Å². The minimum atomic E-state index is -4.78. The number of fused-ring (bicyclic) bond motifs is 1. The molecule has 29 heavy (non-hydrogen) atoms. The van der Waals surface area contributed by atoms with Crippen molar-refractivity contribution in [2.24, 2.45) is 0 Å². The first-order chi connectivity index (χ1) is 13.8. The molecule has 0 unspecified atom stereocenters. The zero-order valence-corrected chi connectivity index (χ0v) is 15.2. The Kier molecular flexibility index (Phi) is 4.71. The number of hydrogen-bond donors (Lipinski definition) is 0. The third-order valence-corrected chi connectivity index (χ3v) is 4.22. The van der Waals surface area contributed by atoms with Gasteiger partial charge in [-0.25, -0.2) is 4.98 Å². The number of hydrogen-bond acceptors (Lipinski definition) is 5. The fraction of sp³-hybridized carbons (Fsp3) is 0.111. The zero-order chi connectivity index (χ0) is 20.6. The van der Waals surface area contributed by atoms with E-state index in [-0.39, 0.29) is 23.5 Å². The molecule has 0 fully saturated rings. The smallest absolute Gasteiger partial charge is 0.406 e. The fourth-order valence-corrected chi connectivity index (χ4v) is 2.96. The normalized spacial score (nSPS) is 11.7. The zero-order valence-electron chi connectivity index (χ0n) is 14.5. The van der Waals surface area contributed by atoms with Crippen LogP contribution >= 0.6 is 11.6 Å². The summed E-state index contributed by atoms with van der Waals surface area (Å²) in [5.41, 5.74) is 1.00. The van der Waals surface area contributed by atoms with Gasteiger partial charge in [0.25, 0.3) is 5.56 Å². The van der Waals surface area contributed by atoms with E-state index in [1.54, 1.807) is 18.2 Å². The molecule has 0 radical (unpaired) electrons. The van der Waals surface area contributed by atoms with Crippen molar-refractivity contribution in [3.8, 4) is 11.4 Å². The summed E-state index contributed by atoms with van der Waals surface area (Å²) in [6, 6.07) is 12.0. The summed E-state index contributed by atoms with van der Waals surface area (Å²) in [5, 5.41) is 8.33. The summed E-state index contributed by atoms with van der Waals surface area (Å²) in [6.07, 6.45) is -3.43. The molecule has 2 heterocycles. The second-order valence-corrected chi connectivity index (χ2v) is 6.46. The van der Waals surface area contributed by atoms with Gasteiger partial charge in [-0.1, -0.05) is 28.9 Å². The van der Waals surface area contributed by atoms with E-state index in [1.807, 2.05) is 6.07 Å². The van der Waals surface area contributed by atoms with Crippen molar-refractivity contribution in [1.82, 2.24) is 24.5 Å². The summed E-state index contributed by atoms with van der Waals surface area (Å²) in [4.78, 5) is 16.9. The number of halogens is 4. The maximum atomic E-state index is 12.7. The standard InChI is InChI=1S/C18H11ClF3N5O2/c19-12-3-1-2-11(8-12)9-26-10-23-16-15(17(26)28)24-25-27(16)13-4-6-14(7-5-13)29-18(20,21)22/h1-8,10H,9H2. The first kappa shape index (κ1) is 18.9. The number of nitrogens with zero attached hydrogens (tertiary/aromatic N) is 5. The Labute approximate surface area is 165 Å². The van der Waals surface area contributed by atoms with Gasteiger partial charge in [0.2, 0.25) is 0 Å². The molecule has 0 saturated heterocycles. The third-order valence-electron chi connectivity index (χ3n) is 3.99. The molecule has 0 atom stereocenters. The van der Waals surface area contributed by atoms with E-state index in [9.17, 15) is 18.0 Å². The molecule has 4 aromatic rings. The van der Waals surface area contributed by atoms with Crippen LogP contribution in [0.25, 0.3) is 16.9 Å². The van der Waals surface area contributed by atoms with E-state index < -0.39 is 11.9 Å². The number of benzene rings is 2. The molecule has 4 rings (SSSR count). The Morgan fingerprint density at radius 1 is 1.10 bits per heavy atom. The van der Waals surface area contributed by atoms with Crippen LogP contribution in [0.4, 0.5) is 13.2 Å². The third kappa shape index (κ3) is 4.06. The predicted octanol–water partition coefficient (Wildman–Crippen LogP) is 3.58. The summed E-state index contributed by atoms with van der Waals surface area (Å²) in [5.74, 6) is -0.373. The maximum Gasteiger partial charge on any atom is 0.573 e. The van der Waals surface area contributed by atoms with E-state index in [2.05, 4.69) is 20.0 Å². The molecule has 0 aliphatic rings. The Balaban J connectivity index is 1.66. The fourth-order valence-electron chi connectivity index (χ4n) is 2.75. The molecule has 0 aliphatic carbocycles. The molecule has 11 heteroatoms. The van der Waals surface area contributed by atoms with Crippen molar-refractivity contribution in [2.75, 3.05) is 0 Å². The number of alkyl halides is 3. The summed E-state index contributed by atoms with van der Waals surface area (Å²) in [7, 11) is 0. The van der Waals surface area contributed by atoms with Crippen molar-refractivity contribution >= 4 is 22.8 Å². The van der Waals surface area contributed by atoms with E-state index in [4.69, 9.17) is 11.6 Å². The molecule has 7 nitrogen and oxygen atoms in total. The maximum absolute atomic E-state index is 12.7. The highest BCUT2D eigenvalue weighted by atomic mass is 35.5. The highest BCUT2D eigenvalue weighted by Crippen LogP contribution is 2.24. The van der Waals surface area contributed by atoms with E-state index in [1.165, 1.54) is 27.7 Å². The molecule has 0 amide bonds. The van der Waals surface area contributed by atoms with Gasteiger partial charge in [-0.3, -0.25) is 9.36 Å². The van der Waals surface area contributed by atoms with Gasteiger partial charge in [0, 0.05) is 5.02 Å². The molecular weight excluding hydrogens is 411 g/mol. The van der Waals surface area contributed by atoms with Crippen molar-refractivity contribution in [3.05, 3.63) is 75.8 Å². The lowest BCUT2D eigenvalue weighted by Gasteiger charge is -2.09. The van der Waals surface area contributed by atoms with Gasteiger partial charge in [0.15, 0.2) is 11.2 Å². The van der Waals surface area contributed by atoms with Crippen LogP contribution < -0.4 is 10.3 Å². The van der Waals surface area contributed by atoms with Crippen LogP contribution in [0.15, 0.2) is 59.7 Å². The second kappa shape index (κ2) is 7.21. The molecule has 2 aromatic carbocycles. The molecular formula is C18H11ClF3N5O2. The van der Waals surface area contributed by atoms with E-state index in [0.29, 0.717) is 10.7 Å². The first-order valence-electron chi connectivity index (χ1n) is 8.22. The van der Waals surface area contributed by atoms with Crippen molar-refractivity contribution in [1.29, 1.82) is 0 Å². The van der Waals surface area contributed by atoms with Crippen LogP contribution in [-0.4, -0.2) is 30.9 Å². The van der Waals surface area contributed by atoms with Gasteiger partial charge >= 0.3 is 6.36 Å². The van der Waals surface area contributed by atoms with Crippen LogP contribution in [-0.2, 0) is 6.54 Å². The number of aromatic nitrogens is 5. The van der Waals surface area contributed by atoms with Crippen LogP contribution in [0.2, 0.25) is 5.02 Å². The Bertz CT molecular complexity index is 1230. The highest BCUT2D eigenvalue weighted by Gasteiger charge is 2.31. The molecule has 0 bridgehead atoms. The van der Waals surface area contributed by atoms with Gasteiger partial charge in [-0.2, -0.15) is 4.68 Å². The van der Waals surface area contributed by atoms with Gasteiger partial charge in [0.1, 0.15) is 12.1 Å². The molecule has 0 aliphatic heterocycles. The summed E-state index contributed by atoms with van der Waals surface area (Å²) >= 11 is 5.96. The minimum Gasteiger partial charge on any atom is -0.406 e. The lowest BCUT2D eigenvalue weighted by molar-refractivity contribution is -0.274. The summed E-state index contributed by atoms with van der Waals surface area (Å²) < 4.78 is 43.3. The van der Waals surface area contributed by atoms with Gasteiger partial charge < -0.3 is 4.74 Å². The predicted molar refractivity (Wildman–Crippen MR) is 98.2 cm³/mol. The molecule has 0 spiro atoms. The Morgan fingerprint density at radius 3 is 2.55 bits per heavy atom. The van der Waals surface area contributed by atoms with Crippen LogP contribution in [0, 0.1) is 0 Å². The highest BCUT2D eigenvalue weighted by molar-refractivity contribution is 6.30. The molecule has 148 valence electrons. The minimum absolute atomic E-state index is 0.0325. The Hall–Kier alpha value is -3.40. The quantitative estimate of drug-likeness (QED) is 0.503. The lowest BCUT2D eigenvalue weighted by Crippen LogP contribution is -2.21. The number of ether oxygens (including phenoxy) is 1. The van der Waals surface area contributed by atoms with Crippen LogP contribution in [0.1, 0.15) is 5.56 Å². The van der Waals surface area contributed by atoms with Gasteiger partial charge in [-0.15, -0.1) is 18.3 Å². The second-order valence-electron chi connectivity index (χ2n) is 6.02. The largest absolute Gasteiger partial charge is 0.573 e. The van der Waals surface area contributed by atoms with E-state index in [0.717, 1.165) is 17.7 Å². The summed E-state index contributed by atoms with van der Waals surface area (Å²) in [6.45, 7) is 0.249. The monoisotopic (exact) mass is 421 g/mol. The molecule has 0 N–H and O–H groups in total. The van der Waals surface area contributed by atoms with Gasteiger partial charge in [0.05, 0.1) is 12.2 Å². The van der Waals surface area contributed by atoms with Crippen molar-refractivity contribution in [3.63, 3.8) is 0 Å². The molecule has 2 aromatic heterocycles. The average molecular weight is 422 g/mol. The lowest BCUT2D eigenvalue weighted by atomic mass is 10.2. The Morgan fingerprint density at radius 2 is 1.86 bits per heavy atom. The van der Waals surface area contributed by atoms with Crippen molar-refractivity contribution < 1.29 is 17.9 Å².